The molecule has 9 nitrogen and oxygen atoms in total. The lowest BCUT2D eigenvalue weighted by Crippen LogP contribution is -2.51. The van der Waals surface area contributed by atoms with Crippen LogP contribution in [0.3, 0.4) is 0 Å². The third-order valence-corrected chi connectivity index (χ3v) is 8.44. The number of allylic oxidation sites excluding steroid dienone is 15. The van der Waals surface area contributed by atoms with Gasteiger partial charge in [0.05, 0.1) is 39.9 Å². The Balaban J connectivity index is 4.89. The predicted molar refractivity (Wildman–Crippen MR) is 211 cm³/mol. The fraction of sp³-hybridized carbons (Fsp3) is 0.585. The van der Waals surface area contributed by atoms with Crippen molar-refractivity contribution in [2.75, 3.05) is 40.9 Å². The molecule has 0 heterocycles. The molecule has 3 N–H and O–H groups in total. The third kappa shape index (κ3) is 33.0. The molecule has 4 atom stereocenters. The molecule has 0 aliphatic carbocycles. The molecular formula is C41H69N2O7P. The number of amides is 1. The SMILES string of the molecule is C/C=C/CC/C=C/CC/C=C/CCCC(O)C(O)C(COP(=O)([O-])OCC[N+](C)(C)C)NC(=O)C/C=C\C/C=C\C/C=C\C/C=C\C/C=C\CC. The molecule has 51 heavy (non-hydrogen) atoms. The van der Waals surface area contributed by atoms with E-state index in [0.717, 1.165) is 57.8 Å². The Hall–Kier alpha value is -2.62. The highest BCUT2D eigenvalue weighted by Gasteiger charge is 2.29. The number of carbonyl (C=O) groups excluding carboxylic acids is 1. The number of rotatable bonds is 31. The molecule has 0 saturated heterocycles. The van der Waals surface area contributed by atoms with Crippen molar-refractivity contribution >= 4 is 13.7 Å². The monoisotopic (exact) mass is 732 g/mol. The zero-order valence-electron chi connectivity index (χ0n) is 32.1. The number of aliphatic hydroxyl groups is 2. The number of nitrogens with zero attached hydrogens (tertiary/aromatic N) is 1. The number of likely N-dealkylation sites (N-methyl/N-ethyl adjacent to an activating group) is 1. The minimum Gasteiger partial charge on any atom is -0.756 e. The summed E-state index contributed by atoms with van der Waals surface area (Å²) in [5, 5.41) is 24.3. The van der Waals surface area contributed by atoms with Crippen molar-refractivity contribution in [1.82, 2.24) is 5.32 Å². The zero-order valence-corrected chi connectivity index (χ0v) is 33.0. The maximum Gasteiger partial charge on any atom is 0.268 e. The van der Waals surface area contributed by atoms with E-state index in [0.29, 0.717) is 23.9 Å². The van der Waals surface area contributed by atoms with Crippen LogP contribution in [0.25, 0.3) is 0 Å². The van der Waals surface area contributed by atoms with Crippen LogP contribution in [0.15, 0.2) is 97.2 Å². The van der Waals surface area contributed by atoms with Gasteiger partial charge < -0.3 is 34.0 Å². The first-order chi connectivity index (χ1) is 24.4. The largest absolute Gasteiger partial charge is 0.756 e. The highest BCUT2D eigenvalue weighted by Crippen LogP contribution is 2.38. The Morgan fingerprint density at radius 2 is 1.24 bits per heavy atom. The van der Waals surface area contributed by atoms with Crippen molar-refractivity contribution < 1.29 is 38.0 Å². The summed E-state index contributed by atoms with van der Waals surface area (Å²) in [5.41, 5.74) is 0. The fourth-order valence-electron chi connectivity index (χ4n) is 4.47. The maximum atomic E-state index is 12.7. The Kier molecular flexibility index (Phi) is 30.4. The number of carbonyl (C=O) groups is 1. The van der Waals surface area contributed by atoms with Crippen molar-refractivity contribution in [3.8, 4) is 0 Å². The number of quaternary nitrogens is 1. The topological polar surface area (TPSA) is 128 Å². The lowest BCUT2D eigenvalue weighted by Gasteiger charge is -2.31. The lowest BCUT2D eigenvalue weighted by molar-refractivity contribution is -0.870. The summed E-state index contributed by atoms with van der Waals surface area (Å²) >= 11 is 0. The Morgan fingerprint density at radius 1 is 0.745 bits per heavy atom. The molecule has 1 amide bonds. The second kappa shape index (κ2) is 32.1. The van der Waals surface area contributed by atoms with Gasteiger partial charge in [0.25, 0.3) is 7.82 Å². The summed E-state index contributed by atoms with van der Waals surface area (Å²) in [6.45, 7) is 3.94. The molecule has 0 radical (unpaired) electrons. The number of phosphoric acid groups is 1. The van der Waals surface area contributed by atoms with Crippen LogP contribution in [0.2, 0.25) is 0 Å². The van der Waals surface area contributed by atoms with Crippen LogP contribution >= 0.6 is 7.82 Å². The third-order valence-electron chi connectivity index (χ3n) is 7.48. The van der Waals surface area contributed by atoms with Gasteiger partial charge in [-0.25, -0.2) is 0 Å². The van der Waals surface area contributed by atoms with Gasteiger partial charge in [0.1, 0.15) is 19.3 Å². The summed E-state index contributed by atoms with van der Waals surface area (Å²) in [7, 11) is 1.01. The highest BCUT2D eigenvalue weighted by molar-refractivity contribution is 7.45. The fourth-order valence-corrected chi connectivity index (χ4v) is 5.20. The van der Waals surface area contributed by atoms with Crippen LogP contribution in [-0.2, 0) is 18.4 Å². The van der Waals surface area contributed by atoms with E-state index >= 15 is 0 Å². The first-order valence-corrected chi connectivity index (χ1v) is 20.1. The van der Waals surface area contributed by atoms with Crippen molar-refractivity contribution in [2.45, 2.75) is 116 Å². The van der Waals surface area contributed by atoms with Gasteiger partial charge in [0.2, 0.25) is 5.91 Å². The summed E-state index contributed by atoms with van der Waals surface area (Å²) in [6.07, 6.45) is 40.7. The number of hydrogen-bond acceptors (Lipinski definition) is 7. The van der Waals surface area contributed by atoms with Gasteiger partial charge >= 0.3 is 0 Å². The van der Waals surface area contributed by atoms with Gasteiger partial charge in [-0.3, -0.25) is 9.36 Å². The number of phosphoric ester groups is 1. The molecule has 0 saturated carbocycles. The average molecular weight is 733 g/mol. The Bertz CT molecular complexity index is 1170. The van der Waals surface area contributed by atoms with E-state index < -0.39 is 38.6 Å². The standard InChI is InChI=1S/C41H69N2O7P/c1-6-8-10-12-14-16-18-20-21-22-24-26-28-30-32-34-40(45)42-38(37-50-51(47,48)49-36-35-43(3,4)5)41(46)39(44)33-31-29-27-25-23-19-17-15-13-11-9-7-2/h7-10,14-17,20-21,24-27,30,32,38-39,41,44,46H,6,11-13,18-19,22-23,28-29,31,33-37H2,1-5H3,(H-,42,45,47,48)/b9-7+,10-8-,16-14-,17-15+,21-20-,26-24-,27-25+,32-30-. The first-order valence-electron chi connectivity index (χ1n) is 18.6. The molecule has 0 aromatic carbocycles. The van der Waals surface area contributed by atoms with E-state index in [1.807, 2.05) is 40.2 Å². The van der Waals surface area contributed by atoms with E-state index in [9.17, 15) is 24.5 Å². The maximum absolute atomic E-state index is 12.7. The van der Waals surface area contributed by atoms with Crippen molar-refractivity contribution in [3.05, 3.63) is 97.2 Å². The van der Waals surface area contributed by atoms with Crippen molar-refractivity contribution in [3.63, 3.8) is 0 Å². The smallest absolute Gasteiger partial charge is 0.268 e. The van der Waals surface area contributed by atoms with Crippen LogP contribution in [0.5, 0.6) is 0 Å². The number of nitrogens with one attached hydrogen (secondary N) is 1. The van der Waals surface area contributed by atoms with E-state index in [-0.39, 0.29) is 19.4 Å². The minimum absolute atomic E-state index is 0.0254. The summed E-state index contributed by atoms with van der Waals surface area (Å²) < 4.78 is 22.9. The quantitative estimate of drug-likeness (QED) is 0.0286. The van der Waals surface area contributed by atoms with Gasteiger partial charge in [0.15, 0.2) is 0 Å². The Morgan fingerprint density at radius 3 is 1.75 bits per heavy atom. The van der Waals surface area contributed by atoms with E-state index in [1.165, 1.54) is 0 Å². The summed E-state index contributed by atoms with van der Waals surface area (Å²) in [4.78, 5) is 25.2. The molecule has 0 fully saturated rings. The highest BCUT2D eigenvalue weighted by atomic mass is 31.2. The van der Waals surface area contributed by atoms with Crippen LogP contribution in [0, 0.1) is 0 Å². The second-order valence-electron chi connectivity index (χ2n) is 13.3. The lowest BCUT2D eigenvalue weighted by atomic mass is 10.0. The number of aliphatic hydroxyl groups excluding tert-OH is 2. The summed E-state index contributed by atoms with van der Waals surface area (Å²) in [5.74, 6) is -0.429. The van der Waals surface area contributed by atoms with Crippen LogP contribution in [0.1, 0.15) is 97.3 Å². The average Bonchev–Trinajstić information content (AvgIpc) is 3.07. The number of unbranched alkanes of at least 4 members (excludes halogenated alkanes) is 3. The Labute approximate surface area is 310 Å². The normalized spacial score (nSPS) is 16.3. The molecule has 4 unspecified atom stereocenters. The number of hydrogen-bond donors (Lipinski definition) is 3. The first kappa shape index (κ1) is 48.4. The van der Waals surface area contributed by atoms with Gasteiger partial charge in [-0.05, 0) is 84.0 Å². The van der Waals surface area contributed by atoms with Gasteiger partial charge in [-0.15, -0.1) is 0 Å². The minimum atomic E-state index is -4.70. The summed E-state index contributed by atoms with van der Waals surface area (Å²) in [6, 6.07) is -1.16. The van der Waals surface area contributed by atoms with E-state index in [2.05, 4.69) is 91.2 Å². The molecule has 0 aliphatic rings. The molecule has 0 spiro atoms. The molecule has 0 bridgehead atoms. The van der Waals surface area contributed by atoms with Crippen molar-refractivity contribution in [2.24, 2.45) is 0 Å². The van der Waals surface area contributed by atoms with Crippen LogP contribution in [0.4, 0.5) is 0 Å². The van der Waals surface area contributed by atoms with Gasteiger partial charge in [-0.2, -0.15) is 0 Å². The van der Waals surface area contributed by atoms with E-state index in [4.69, 9.17) is 9.05 Å². The molecule has 290 valence electrons. The molecule has 0 aromatic heterocycles. The molecular weight excluding hydrogens is 663 g/mol. The molecule has 0 aliphatic heterocycles. The van der Waals surface area contributed by atoms with E-state index in [1.54, 1.807) is 6.08 Å². The van der Waals surface area contributed by atoms with Crippen LogP contribution in [-0.4, -0.2) is 79.8 Å². The van der Waals surface area contributed by atoms with Gasteiger partial charge in [-0.1, -0.05) is 104 Å². The second-order valence-corrected chi connectivity index (χ2v) is 14.7. The zero-order chi connectivity index (χ0) is 38.1. The molecule has 0 aromatic rings. The predicted octanol–water partition coefficient (Wildman–Crippen LogP) is 7.96. The van der Waals surface area contributed by atoms with Crippen LogP contribution < -0.4 is 10.2 Å². The molecule has 0 rings (SSSR count). The van der Waals surface area contributed by atoms with Gasteiger partial charge in [0, 0.05) is 6.42 Å². The molecule has 10 heteroatoms. The van der Waals surface area contributed by atoms with Crippen molar-refractivity contribution in [1.29, 1.82) is 0 Å².